The van der Waals surface area contributed by atoms with Crippen molar-refractivity contribution >= 4 is 11.6 Å². The molecule has 0 aliphatic rings. The first-order valence-corrected chi connectivity index (χ1v) is 7.16. The fourth-order valence-corrected chi connectivity index (χ4v) is 1.47. The zero-order valence-electron chi connectivity index (χ0n) is 13.8. The third-order valence-electron chi connectivity index (χ3n) is 3.83. The van der Waals surface area contributed by atoms with Crippen molar-refractivity contribution in [1.82, 2.24) is 9.97 Å². The number of rotatable bonds is 5. The number of nitrogens with two attached hydrogens (primary N) is 1. The van der Waals surface area contributed by atoms with Crippen LogP contribution in [0.1, 0.15) is 54.3 Å². The molecule has 1 aromatic heterocycles. The highest BCUT2D eigenvalue weighted by Gasteiger charge is 2.23. The van der Waals surface area contributed by atoms with Gasteiger partial charge < -0.3 is 10.7 Å². The van der Waals surface area contributed by atoms with Crippen LogP contribution in [0.3, 0.4) is 0 Å². The van der Waals surface area contributed by atoms with E-state index in [1.165, 1.54) is 0 Å². The van der Waals surface area contributed by atoms with Crippen molar-refractivity contribution in [3.05, 3.63) is 11.9 Å². The Balaban J connectivity index is 2.96. The minimum Gasteiger partial charge on any atom is -0.369 e. The molecule has 1 rings (SSSR count). The number of hydrogen-bond acceptors (Lipinski definition) is 5. The van der Waals surface area contributed by atoms with Gasteiger partial charge in [0.05, 0.1) is 0 Å². The molecule has 0 amide bonds. The molecule has 0 saturated carbocycles. The zero-order valence-corrected chi connectivity index (χ0v) is 13.8. The minimum absolute atomic E-state index is 0.114. The van der Waals surface area contributed by atoms with Gasteiger partial charge in [-0.3, -0.25) is 0 Å². The lowest BCUT2D eigenvalue weighted by Crippen LogP contribution is -2.29. The molecule has 0 spiro atoms. The Morgan fingerprint density at radius 1 is 1.10 bits per heavy atom. The first kappa shape index (κ1) is 16.7. The lowest BCUT2D eigenvalue weighted by Gasteiger charge is -2.30. The van der Waals surface area contributed by atoms with Gasteiger partial charge in [-0.1, -0.05) is 48.5 Å². The van der Waals surface area contributed by atoms with Crippen molar-refractivity contribution in [2.75, 3.05) is 17.3 Å². The Labute approximate surface area is 122 Å². The molecule has 0 aliphatic heterocycles. The molecule has 20 heavy (non-hydrogen) atoms. The van der Waals surface area contributed by atoms with Gasteiger partial charge in [-0.15, -0.1) is 0 Å². The molecule has 4 N–H and O–H groups in total. The van der Waals surface area contributed by atoms with E-state index in [1.54, 1.807) is 0 Å². The number of nitrogen functional groups attached to an aromatic ring is 1. The average molecular weight is 279 g/mol. The lowest BCUT2D eigenvalue weighted by atomic mass is 9.81. The van der Waals surface area contributed by atoms with Gasteiger partial charge in [-0.2, -0.15) is 0 Å². The van der Waals surface area contributed by atoms with Gasteiger partial charge in [-0.25, -0.2) is 15.8 Å². The standard InChI is InChI=1S/C15H29N5/c1-10(2)15(6,7)9-17-11-8-12(20-16)19-13(18-11)14(3,4)5/h8,10H,9,16H2,1-7H3,(H2,17,18,19,20). The van der Waals surface area contributed by atoms with Gasteiger partial charge in [0.15, 0.2) is 0 Å². The molecule has 0 aromatic carbocycles. The molecular weight excluding hydrogens is 250 g/mol. The first-order chi connectivity index (χ1) is 9.06. The van der Waals surface area contributed by atoms with Gasteiger partial charge in [-0.05, 0) is 11.3 Å². The van der Waals surface area contributed by atoms with E-state index < -0.39 is 0 Å². The molecular formula is C15H29N5. The fourth-order valence-electron chi connectivity index (χ4n) is 1.47. The largest absolute Gasteiger partial charge is 0.369 e. The Kier molecular flexibility index (Phi) is 4.97. The summed E-state index contributed by atoms with van der Waals surface area (Å²) in [6.45, 7) is 16.1. The number of anilines is 2. The van der Waals surface area contributed by atoms with Crippen LogP contribution in [0.15, 0.2) is 6.07 Å². The van der Waals surface area contributed by atoms with Gasteiger partial charge in [0.1, 0.15) is 17.5 Å². The maximum atomic E-state index is 5.49. The number of nitrogens with one attached hydrogen (secondary N) is 2. The van der Waals surface area contributed by atoms with Crippen LogP contribution in [0, 0.1) is 11.3 Å². The lowest BCUT2D eigenvalue weighted by molar-refractivity contribution is 0.269. The third kappa shape index (κ3) is 4.34. The second kappa shape index (κ2) is 5.95. The second-order valence-corrected chi connectivity index (χ2v) is 7.35. The molecule has 0 saturated heterocycles. The van der Waals surface area contributed by atoms with E-state index in [1.807, 2.05) is 6.07 Å². The van der Waals surface area contributed by atoms with E-state index in [4.69, 9.17) is 5.84 Å². The smallest absolute Gasteiger partial charge is 0.145 e. The van der Waals surface area contributed by atoms with E-state index in [9.17, 15) is 0 Å². The van der Waals surface area contributed by atoms with E-state index in [2.05, 4.69) is 69.2 Å². The predicted molar refractivity (Wildman–Crippen MR) is 85.7 cm³/mol. The summed E-state index contributed by atoms with van der Waals surface area (Å²) in [5.74, 6) is 8.30. The highest BCUT2D eigenvalue weighted by Crippen LogP contribution is 2.27. The first-order valence-electron chi connectivity index (χ1n) is 7.16. The van der Waals surface area contributed by atoms with Crippen LogP contribution in [0.4, 0.5) is 11.6 Å². The van der Waals surface area contributed by atoms with Gasteiger partial charge in [0.25, 0.3) is 0 Å². The molecule has 0 fully saturated rings. The Morgan fingerprint density at radius 2 is 1.65 bits per heavy atom. The van der Waals surface area contributed by atoms with Crippen LogP contribution in [0.25, 0.3) is 0 Å². The second-order valence-electron chi connectivity index (χ2n) is 7.35. The number of hydrazine groups is 1. The molecule has 0 atom stereocenters. The average Bonchev–Trinajstić information content (AvgIpc) is 2.34. The van der Waals surface area contributed by atoms with E-state index in [0.717, 1.165) is 18.2 Å². The Bertz CT molecular complexity index is 446. The fraction of sp³-hybridized carbons (Fsp3) is 0.733. The summed E-state index contributed by atoms with van der Waals surface area (Å²) in [6.07, 6.45) is 0. The van der Waals surface area contributed by atoms with Gasteiger partial charge >= 0.3 is 0 Å². The highest BCUT2D eigenvalue weighted by molar-refractivity contribution is 5.47. The molecule has 0 bridgehead atoms. The summed E-state index contributed by atoms with van der Waals surface area (Å²) < 4.78 is 0. The topological polar surface area (TPSA) is 75.9 Å². The SMILES string of the molecule is CC(C)C(C)(C)CNc1cc(NN)nc(C(C)(C)C)n1. The molecule has 1 heterocycles. The Hall–Kier alpha value is -1.36. The summed E-state index contributed by atoms with van der Waals surface area (Å²) in [5.41, 5.74) is 2.69. The van der Waals surface area contributed by atoms with Crippen LogP contribution in [0.2, 0.25) is 0 Å². The van der Waals surface area contributed by atoms with Crippen LogP contribution in [-0.2, 0) is 5.41 Å². The molecule has 5 heteroatoms. The summed E-state index contributed by atoms with van der Waals surface area (Å²) in [5, 5.41) is 3.41. The summed E-state index contributed by atoms with van der Waals surface area (Å²) >= 11 is 0. The molecule has 0 unspecified atom stereocenters. The van der Waals surface area contributed by atoms with E-state index in [-0.39, 0.29) is 10.8 Å². The van der Waals surface area contributed by atoms with Crippen molar-refractivity contribution in [3.63, 3.8) is 0 Å². The summed E-state index contributed by atoms with van der Waals surface area (Å²) in [4.78, 5) is 9.01. The highest BCUT2D eigenvalue weighted by atomic mass is 15.3. The van der Waals surface area contributed by atoms with Crippen LogP contribution in [-0.4, -0.2) is 16.5 Å². The van der Waals surface area contributed by atoms with Crippen molar-refractivity contribution in [1.29, 1.82) is 0 Å². The van der Waals surface area contributed by atoms with E-state index in [0.29, 0.717) is 11.7 Å². The number of hydrogen-bond donors (Lipinski definition) is 3. The maximum Gasteiger partial charge on any atom is 0.145 e. The van der Waals surface area contributed by atoms with Crippen LogP contribution >= 0.6 is 0 Å². The van der Waals surface area contributed by atoms with Crippen molar-refractivity contribution in [2.24, 2.45) is 17.2 Å². The van der Waals surface area contributed by atoms with Crippen LogP contribution < -0.4 is 16.6 Å². The Morgan fingerprint density at radius 3 is 2.10 bits per heavy atom. The van der Waals surface area contributed by atoms with Crippen molar-refractivity contribution in [3.8, 4) is 0 Å². The summed E-state index contributed by atoms with van der Waals surface area (Å²) in [7, 11) is 0. The molecule has 5 nitrogen and oxygen atoms in total. The van der Waals surface area contributed by atoms with Crippen molar-refractivity contribution < 1.29 is 0 Å². The number of nitrogens with zero attached hydrogens (tertiary/aromatic N) is 2. The zero-order chi connectivity index (χ0) is 15.6. The molecule has 1 aromatic rings. The van der Waals surface area contributed by atoms with Gasteiger partial charge in [0, 0.05) is 18.0 Å². The normalized spacial score (nSPS) is 12.7. The molecule has 114 valence electrons. The quantitative estimate of drug-likeness (QED) is 0.570. The maximum absolute atomic E-state index is 5.49. The molecule has 0 aliphatic carbocycles. The van der Waals surface area contributed by atoms with Crippen molar-refractivity contribution in [2.45, 2.75) is 53.9 Å². The minimum atomic E-state index is -0.114. The monoisotopic (exact) mass is 279 g/mol. The van der Waals surface area contributed by atoms with Gasteiger partial charge in [0.2, 0.25) is 0 Å². The predicted octanol–water partition coefficient (Wildman–Crippen LogP) is 3.15. The number of aromatic nitrogens is 2. The molecule has 0 radical (unpaired) electrons. The van der Waals surface area contributed by atoms with E-state index >= 15 is 0 Å². The summed E-state index contributed by atoms with van der Waals surface area (Å²) in [6, 6.07) is 1.84. The van der Waals surface area contributed by atoms with Crippen LogP contribution in [0.5, 0.6) is 0 Å². The third-order valence-corrected chi connectivity index (χ3v) is 3.83.